The van der Waals surface area contributed by atoms with Crippen molar-refractivity contribution in [2.75, 3.05) is 4.72 Å². The monoisotopic (exact) mass is 438 g/mol. The lowest BCUT2D eigenvalue weighted by Crippen LogP contribution is -2.27. The molecule has 1 unspecified atom stereocenters. The van der Waals surface area contributed by atoms with Crippen molar-refractivity contribution in [3.63, 3.8) is 0 Å². The number of nitrogens with one attached hydrogen (secondary N) is 2. The third-order valence-electron chi connectivity index (χ3n) is 3.85. The number of benzene rings is 2. The molecule has 0 aliphatic rings. The van der Waals surface area contributed by atoms with E-state index in [-0.39, 0.29) is 27.1 Å². The number of nitrogens with zero attached hydrogens (tertiary/aromatic N) is 2. The molecule has 0 fully saturated rings. The van der Waals surface area contributed by atoms with E-state index in [0.717, 1.165) is 18.2 Å². The second-order valence-corrected chi connectivity index (χ2v) is 8.22. The Morgan fingerprint density at radius 3 is 2.52 bits per heavy atom. The maximum atomic E-state index is 13.0. The summed E-state index contributed by atoms with van der Waals surface area (Å²) in [6, 6.07) is 7.91. The smallest absolute Gasteiger partial charge is 0.261 e. The van der Waals surface area contributed by atoms with Crippen LogP contribution in [0.5, 0.6) is 0 Å². The van der Waals surface area contributed by atoms with E-state index in [1.54, 1.807) is 13.8 Å². The van der Waals surface area contributed by atoms with E-state index in [9.17, 15) is 17.6 Å². The summed E-state index contributed by atoms with van der Waals surface area (Å²) in [5, 5.41) is 6.34. The van der Waals surface area contributed by atoms with Crippen molar-refractivity contribution in [2.45, 2.75) is 24.8 Å². The van der Waals surface area contributed by atoms with E-state index < -0.39 is 27.8 Å². The first-order valence-corrected chi connectivity index (χ1v) is 10.2. The highest BCUT2D eigenvalue weighted by atomic mass is 35.5. The Hall–Kier alpha value is -2.98. The Labute approximate surface area is 171 Å². The van der Waals surface area contributed by atoms with Gasteiger partial charge in [-0.2, -0.15) is 4.98 Å². The highest BCUT2D eigenvalue weighted by Gasteiger charge is 2.22. The number of carbonyl (C=O) groups is 1. The number of hydrogen-bond donors (Lipinski definition) is 2. The number of amides is 1. The summed E-state index contributed by atoms with van der Waals surface area (Å²) >= 11 is 6.08. The van der Waals surface area contributed by atoms with Crippen LogP contribution in [0.4, 0.5) is 10.1 Å². The zero-order valence-electron chi connectivity index (χ0n) is 15.3. The van der Waals surface area contributed by atoms with Crippen LogP contribution in [0.3, 0.4) is 0 Å². The Balaban J connectivity index is 1.83. The van der Waals surface area contributed by atoms with E-state index in [4.69, 9.17) is 16.1 Å². The van der Waals surface area contributed by atoms with Crippen molar-refractivity contribution in [2.24, 2.45) is 0 Å². The average Bonchev–Trinajstić information content (AvgIpc) is 3.10. The Kier molecular flexibility index (Phi) is 5.85. The van der Waals surface area contributed by atoms with Gasteiger partial charge in [-0.05, 0) is 56.3 Å². The van der Waals surface area contributed by atoms with Gasteiger partial charge in [-0.25, -0.2) is 12.8 Å². The van der Waals surface area contributed by atoms with Crippen LogP contribution in [-0.2, 0) is 10.0 Å². The number of halogens is 2. The van der Waals surface area contributed by atoms with Crippen LogP contribution < -0.4 is 10.0 Å². The summed E-state index contributed by atoms with van der Waals surface area (Å²) in [6.07, 6.45) is 0. The normalized spacial score (nSPS) is 12.4. The molecule has 0 saturated carbocycles. The minimum Gasteiger partial charge on any atom is -0.340 e. The minimum absolute atomic E-state index is 0.0447. The summed E-state index contributed by atoms with van der Waals surface area (Å²) < 4.78 is 45.5. The zero-order valence-corrected chi connectivity index (χ0v) is 16.9. The van der Waals surface area contributed by atoms with Gasteiger partial charge in [0.15, 0.2) is 5.82 Å². The van der Waals surface area contributed by atoms with Gasteiger partial charge in [0.05, 0.1) is 15.5 Å². The molecule has 1 aromatic heterocycles. The van der Waals surface area contributed by atoms with Crippen LogP contribution in [0.15, 0.2) is 51.9 Å². The van der Waals surface area contributed by atoms with Crippen LogP contribution in [0.25, 0.3) is 0 Å². The van der Waals surface area contributed by atoms with Crippen molar-refractivity contribution < 1.29 is 22.1 Å². The van der Waals surface area contributed by atoms with Gasteiger partial charge < -0.3 is 9.84 Å². The third kappa shape index (κ3) is 4.90. The van der Waals surface area contributed by atoms with Crippen molar-refractivity contribution in [1.82, 2.24) is 15.5 Å². The van der Waals surface area contributed by atoms with Crippen LogP contribution in [0.1, 0.15) is 35.0 Å². The van der Waals surface area contributed by atoms with Gasteiger partial charge in [-0.15, -0.1) is 0 Å². The van der Waals surface area contributed by atoms with Gasteiger partial charge in [0.25, 0.3) is 15.9 Å². The molecular weight excluding hydrogens is 423 g/mol. The van der Waals surface area contributed by atoms with Crippen molar-refractivity contribution in [3.8, 4) is 0 Å². The van der Waals surface area contributed by atoms with E-state index in [1.807, 2.05) is 0 Å². The molecule has 0 aliphatic heterocycles. The largest absolute Gasteiger partial charge is 0.340 e. The molecular formula is C18H16ClFN4O4S. The van der Waals surface area contributed by atoms with Crippen molar-refractivity contribution in [3.05, 3.63) is 70.6 Å². The zero-order chi connectivity index (χ0) is 21.2. The first kappa shape index (κ1) is 20.7. The fourth-order valence-electron chi connectivity index (χ4n) is 2.40. The molecule has 11 heteroatoms. The molecule has 29 heavy (non-hydrogen) atoms. The van der Waals surface area contributed by atoms with Crippen LogP contribution >= 0.6 is 11.6 Å². The summed E-state index contributed by atoms with van der Waals surface area (Å²) in [5.41, 5.74) is 0.129. The summed E-state index contributed by atoms with van der Waals surface area (Å²) in [7, 11) is -4.03. The quantitative estimate of drug-likeness (QED) is 0.609. The van der Waals surface area contributed by atoms with Crippen LogP contribution in [0.2, 0.25) is 5.02 Å². The van der Waals surface area contributed by atoms with E-state index in [0.29, 0.717) is 5.82 Å². The van der Waals surface area contributed by atoms with Crippen LogP contribution in [0, 0.1) is 12.7 Å². The highest BCUT2D eigenvalue weighted by molar-refractivity contribution is 7.92. The Morgan fingerprint density at radius 2 is 1.90 bits per heavy atom. The predicted octanol–water partition coefficient (Wildman–Crippen LogP) is 3.46. The summed E-state index contributed by atoms with van der Waals surface area (Å²) in [5.74, 6) is -0.492. The molecule has 152 valence electrons. The number of hydrogen-bond acceptors (Lipinski definition) is 6. The first-order chi connectivity index (χ1) is 13.7. The maximum absolute atomic E-state index is 13.0. The Bertz CT molecular complexity index is 1150. The Morgan fingerprint density at radius 1 is 1.21 bits per heavy atom. The van der Waals surface area contributed by atoms with Gasteiger partial charge >= 0.3 is 0 Å². The molecule has 3 rings (SSSR count). The summed E-state index contributed by atoms with van der Waals surface area (Å²) in [6.45, 7) is 3.27. The highest BCUT2D eigenvalue weighted by Crippen LogP contribution is 2.23. The lowest BCUT2D eigenvalue weighted by molar-refractivity contribution is 0.0932. The number of aryl methyl sites for hydroxylation is 1. The number of sulfonamides is 1. The fraction of sp³-hybridized carbons (Fsp3) is 0.167. The molecule has 0 bridgehead atoms. The average molecular weight is 439 g/mol. The molecule has 1 heterocycles. The van der Waals surface area contributed by atoms with Crippen molar-refractivity contribution in [1.29, 1.82) is 0 Å². The second kappa shape index (κ2) is 8.18. The number of carbonyl (C=O) groups excluding carboxylic acids is 1. The molecule has 1 amide bonds. The fourth-order valence-corrected chi connectivity index (χ4v) is 3.69. The van der Waals surface area contributed by atoms with Gasteiger partial charge in [0.1, 0.15) is 11.9 Å². The van der Waals surface area contributed by atoms with Gasteiger partial charge in [-0.3, -0.25) is 9.52 Å². The molecule has 0 aliphatic carbocycles. The molecule has 2 aromatic carbocycles. The molecule has 0 radical (unpaired) electrons. The summed E-state index contributed by atoms with van der Waals surface area (Å²) in [4.78, 5) is 16.4. The molecule has 0 saturated heterocycles. The minimum atomic E-state index is -4.03. The lowest BCUT2D eigenvalue weighted by atomic mass is 10.2. The molecule has 0 spiro atoms. The van der Waals surface area contributed by atoms with Crippen molar-refractivity contribution >= 4 is 33.2 Å². The lowest BCUT2D eigenvalue weighted by Gasteiger charge is -2.13. The van der Waals surface area contributed by atoms with Crippen LogP contribution in [-0.4, -0.2) is 24.5 Å². The van der Waals surface area contributed by atoms with E-state index >= 15 is 0 Å². The van der Waals surface area contributed by atoms with E-state index in [2.05, 4.69) is 20.2 Å². The number of aromatic nitrogens is 2. The third-order valence-corrected chi connectivity index (χ3v) is 5.56. The molecule has 1 atom stereocenters. The van der Waals surface area contributed by atoms with Gasteiger partial charge in [-0.1, -0.05) is 16.8 Å². The maximum Gasteiger partial charge on any atom is 0.261 e. The molecule has 3 aromatic rings. The van der Waals surface area contributed by atoms with E-state index in [1.165, 1.54) is 24.3 Å². The molecule has 8 nitrogen and oxygen atoms in total. The standard InChI is InChI=1S/C18H16ClFN4O4S/c1-10(18-22-11(2)23-28-18)21-17(25)15-9-14(7-8-16(15)19)29(26,27)24-13-5-3-12(20)4-6-13/h3-10,24H,1-2H3,(H,21,25). The number of rotatable bonds is 6. The van der Waals surface area contributed by atoms with Gasteiger partial charge in [0.2, 0.25) is 5.89 Å². The predicted molar refractivity (Wildman–Crippen MR) is 104 cm³/mol. The number of anilines is 1. The first-order valence-electron chi connectivity index (χ1n) is 8.35. The SMILES string of the molecule is Cc1noc(C(C)NC(=O)c2cc(S(=O)(=O)Nc3ccc(F)cc3)ccc2Cl)n1. The molecule has 2 N–H and O–H groups in total. The topological polar surface area (TPSA) is 114 Å². The second-order valence-electron chi connectivity index (χ2n) is 6.13. The van der Waals surface area contributed by atoms with Gasteiger partial charge in [0, 0.05) is 5.69 Å².